The summed E-state index contributed by atoms with van der Waals surface area (Å²) in [6, 6.07) is 8.39. The molecule has 0 saturated heterocycles. The second-order valence-electron chi connectivity index (χ2n) is 5.34. The molecule has 0 fully saturated rings. The molecule has 21 heavy (non-hydrogen) atoms. The van der Waals surface area contributed by atoms with E-state index in [0.717, 1.165) is 57.9 Å². The van der Waals surface area contributed by atoms with Crippen LogP contribution in [0.3, 0.4) is 0 Å². The SMILES string of the molecule is CCCCCOc1ccc(CNCCCOCCC)cc1. The van der Waals surface area contributed by atoms with E-state index in [4.69, 9.17) is 9.47 Å². The van der Waals surface area contributed by atoms with Gasteiger partial charge in [0.15, 0.2) is 0 Å². The van der Waals surface area contributed by atoms with Crippen molar-refractivity contribution >= 4 is 0 Å². The summed E-state index contributed by atoms with van der Waals surface area (Å²) in [6.07, 6.45) is 5.78. The minimum absolute atomic E-state index is 0.823. The quantitative estimate of drug-likeness (QED) is 0.554. The molecule has 0 saturated carbocycles. The fraction of sp³-hybridized carbons (Fsp3) is 0.667. The van der Waals surface area contributed by atoms with Crippen molar-refractivity contribution in [3.63, 3.8) is 0 Å². The number of rotatable bonds is 13. The molecule has 1 aromatic rings. The van der Waals surface area contributed by atoms with Crippen LogP contribution in [0.15, 0.2) is 24.3 Å². The number of ether oxygens (including phenoxy) is 2. The van der Waals surface area contributed by atoms with Crippen LogP contribution in [0.4, 0.5) is 0 Å². The fourth-order valence-corrected chi connectivity index (χ4v) is 2.02. The van der Waals surface area contributed by atoms with E-state index in [9.17, 15) is 0 Å². The Morgan fingerprint density at radius 3 is 2.38 bits per heavy atom. The lowest BCUT2D eigenvalue weighted by Gasteiger charge is -2.08. The van der Waals surface area contributed by atoms with Gasteiger partial charge in [0.1, 0.15) is 5.75 Å². The van der Waals surface area contributed by atoms with Crippen LogP contribution in [0.5, 0.6) is 5.75 Å². The van der Waals surface area contributed by atoms with Crippen molar-refractivity contribution in [2.75, 3.05) is 26.4 Å². The average molecular weight is 293 g/mol. The zero-order valence-corrected chi connectivity index (χ0v) is 13.7. The standard InChI is InChI=1S/C18H31NO2/c1-3-5-6-15-21-18-10-8-17(9-11-18)16-19-12-7-14-20-13-4-2/h8-11,19H,3-7,12-16H2,1-2H3. The Labute approximate surface area is 130 Å². The first-order chi connectivity index (χ1) is 10.4. The lowest BCUT2D eigenvalue weighted by atomic mass is 10.2. The number of hydrogen-bond donors (Lipinski definition) is 1. The van der Waals surface area contributed by atoms with Crippen LogP contribution in [0.25, 0.3) is 0 Å². The lowest BCUT2D eigenvalue weighted by Crippen LogP contribution is -2.16. The highest BCUT2D eigenvalue weighted by molar-refractivity contribution is 5.27. The summed E-state index contributed by atoms with van der Waals surface area (Å²) in [5, 5.41) is 3.44. The first kappa shape index (κ1) is 18.0. The van der Waals surface area contributed by atoms with E-state index in [-0.39, 0.29) is 0 Å². The maximum absolute atomic E-state index is 5.71. The molecule has 1 N–H and O–H groups in total. The molecule has 120 valence electrons. The van der Waals surface area contributed by atoms with Crippen LogP contribution in [-0.4, -0.2) is 26.4 Å². The first-order valence-corrected chi connectivity index (χ1v) is 8.37. The van der Waals surface area contributed by atoms with Crippen LogP contribution < -0.4 is 10.1 Å². The van der Waals surface area contributed by atoms with Crippen molar-refractivity contribution in [2.24, 2.45) is 0 Å². The molecular formula is C18H31NO2. The predicted molar refractivity (Wildman–Crippen MR) is 88.9 cm³/mol. The van der Waals surface area contributed by atoms with Gasteiger partial charge in [0.05, 0.1) is 6.61 Å². The maximum Gasteiger partial charge on any atom is 0.119 e. The van der Waals surface area contributed by atoms with Gasteiger partial charge in [-0.15, -0.1) is 0 Å². The largest absolute Gasteiger partial charge is 0.494 e. The predicted octanol–water partition coefficient (Wildman–Crippen LogP) is 4.16. The Kier molecular flexibility index (Phi) is 10.8. The molecule has 0 heterocycles. The molecule has 0 aromatic heterocycles. The molecule has 0 radical (unpaired) electrons. The second-order valence-corrected chi connectivity index (χ2v) is 5.34. The van der Waals surface area contributed by atoms with Crippen molar-refractivity contribution in [3.8, 4) is 5.75 Å². The van der Waals surface area contributed by atoms with E-state index in [2.05, 4.69) is 43.4 Å². The number of hydrogen-bond acceptors (Lipinski definition) is 3. The monoisotopic (exact) mass is 293 g/mol. The van der Waals surface area contributed by atoms with E-state index in [1.54, 1.807) is 0 Å². The molecule has 0 aliphatic heterocycles. The number of nitrogens with one attached hydrogen (secondary N) is 1. The topological polar surface area (TPSA) is 30.5 Å². The molecule has 3 heteroatoms. The molecular weight excluding hydrogens is 262 g/mol. The van der Waals surface area contributed by atoms with Gasteiger partial charge in [-0.05, 0) is 43.5 Å². The molecule has 0 aliphatic carbocycles. The zero-order valence-electron chi connectivity index (χ0n) is 13.7. The summed E-state index contributed by atoms with van der Waals surface area (Å²) >= 11 is 0. The van der Waals surface area contributed by atoms with Crippen LogP contribution in [0.1, 0.15) is 51.5 Å². The molecule has 0 bridgehead atoms. The summed E-state index contributed by atoms with van der Waals surface area (Å²) in [5.74, 6) is 0.975. The third-order valence-electron chi connectivity index (χ3n) is 3.26. The summed E-state index contributed by atoms with van der Waals surface area (Å²) in [5.41, 5.74) is 1.30. The van der Waals surface area contributed by atoms with E-state index in [0.29, 0.717) is 0 Å². The first-order valence-electron chi connectivity index (χ1n) is 8.37. The van der Waals surface area contributed by atoms with Gasteiger partial charge < -0.3 is 14.8 Å². The van der Waals surface area contributed by atoms with Crippen molar-refractivity contribution in [1.29, 1.82) is 0 Å². The minimum atomic E-state index is 0.823. The highest BCUT2D eigenvalue weighted by Gasteiger charge is 1.96. The van der Waals surface area contributed by atoms with Gasteiger partial charge in [0.2, 0.25) is 0 Å². The van der Waals surface area contributed by atoms with Gasteiger partial charge in [-0.2, -0.15) is 0 Å². The van der Waals surface area contributed by atoms with Gasteiger partial charge in [0.25, 0.3) is 0 Å². The lowest BCUT2D eigenvalue weighted by molar-refractivity contribution is 0.132. The fourth-order valence-electron chi connectivity index (χ4n) is 2.02. The minimum Gasteiger partial charge on any atom is -0.494 e. The third-order valence-corrected chi connectivity index (χ3v) is 3.26. The molecule has 0 atom stereocenters. The molecule has 0 unspecified atom stereocenters. The Bertz CT molecular complexity index is 338. The number of unbranched alkanes of at least 4 members (excludes halogenated alkanes) is 2. The molecule has 0 spiro atoms. The Morgan fingerprint density at radius 1 is 0.857 bits per heavy atom. The van der Waals surface area contributed by atoms with Gasteiger partial charge in [-0.25, -0.2) is 0 Å². The average Bonchev–Trinajstić information content (AvgIpc) is 2.52. The second kappa shape index (κ2) is 12.7. The van der Waals surface area contributed by atoms with Crippen molar-refractivity contribution < 1.29 is 9.47 Å². The normalized spacial score (nSPS) is 10.8. The van der Waals surface area contributed by atoms with Gasteiger partial charge in [-0.3, -0.25) is 0 Å². The molecule has 3 nitrogen and oxygen atoms in total. The highest BCUT2D eigenvalue weighted by Crippen LogP contribution is 2.12. The van der Waals surface area contributed by atoms with Gasteiger partial charge >= 0.3 is 0 Å². The molecule has 0 amide bonds. The van der Waals surface area contributed by atoms with Crippen LogP contribution in [0.2, 0.25) is 0 Å². The summed E-state index contributed by atoms with van der Waals surface area (Å²) < 4.78 is 11.2. The van der Waals surface area contributed by atoms with Crippen molar-refractivity contribution in [2.45, 2.75) is 52.5 Å². The molecule has 1 aromatic carbocycles. The van der Waals surface area contributed by atoms with E-state index in [1.165, 1.54) is 18.4 Å². The van der Waals surface area contributed by atoms with Crippen LogP contribution in [-0.2, 0) is 11.3 Å². The Hall–Kier alpha value is -1.06. The van der Waals surface area contributed by atoms with Crippen LogP contribution >= 0.6 is 0 Å². The van der Waals surface area contributed by atoms with E-state index in [1.807, 2.05) is 0 Å². The number of benzene rings is 1. The maximum atomic E-state index is 5.71. The smallest absolute Gasteiger partial charge is 0.119 e. The summed E-state index contributed by atoms with van der Waals surface area (Å²) in [6.45, 7) is 8.80. The van der Waals surface area contributed by atoms with E-state index >= 15 is 0 Å². The van der Waals surface area contributed by atoms with Crippen molar-refractivity contribution in [1.82, 2.24) is 5.32 Å². The Morgan fingerprint density at radius 2 is 1.67 bits per heavy atom. The van der Waals surface area contributed by atoms with Gasteiger partial charge in [0, 0.05) is 19.8 Å². The van der Waals surface area contributed by atoms with E-state index < -0.39 is 0 Å². The highest BCUT2D eigenvalue weighted by atomic mass is 16.5. The van der Waals surface area contributed by atoms with Crippen molar-refractivity contribution in [3.05, 3.63) is 29.8 Å². The summed E-state index contributed by atoms with van der Waals surface area (Å²) in [4.78, 5) is 0. The van der Waals surface area contributed by atoms with Crippen LogP contribution in [0, 0.1) is 0 Å². The molecule has 0 aliphatic rings. The third kappa shape index (κ3) is 9.48. The summed E-state index contributed by atoms with van der Waals surface area (Å²) in [7, 11) is 0. The zero-order chi connectivity index (χ0) is 15.2. The Balaban J connectivity index is 2.07. The van der Waals surface area contributed by atoms with Gasteiger partial charge in [-0.1, -0.05) is 38.8 Å². The molecule has 1 rings (SSSR count).